The molecule has 0 aliphatic rings. The minimum absolute atomic E-state index is 0.150. The molecule has 0 bridgehead atoms. The molecule has 0 N–H and O–H groups in total. The minimum Gasteiger partial charge on any atom is -0.165 e. The highest BCUT2D eigenvalue weighted by molar-refractivity contribution is 8.13. The van der Waals surface area contributed by atoms with Gasteiger partial charge in [0.05, 0.1) is 0 Å². The summed E-state index contributed by atoms with van der Waals surface area (Å²) >= 11 is 0. The lowest BCUT2D eigenvalue weighted by atomic mass is 10.2. The molecule has 1 atom stereocenters. The van der Waals surface area contributed by atoms with Gasteiger partial charge in [-0.1, -0.05) is 11.9 Å². The van der Waals surface area contributed by atoms with E-state index in [4.69, 9.17) is 0 Å². The van der Waals surface area contributed by atoms with E-state index in [-0.39, 0.29) is 10.5 Å². The molecule has 11 heavy (non-hydrogen) atoms. The van der Waals surface area contributed by atoms with Crippen LogP contribution in [-0.4, -0.2) is 12.1 Å². The lowest BCUT2D eigenvalue weighted by molar-refractivity contribution is 1.30. The Morgan fingerprint density at radius 3 is 1.91 bits per heavy atom. The third-order valence-electron chi connectivity index (χ3n) is 1.60. The Kier molecular flexibility index (Phi) is 2.50. The Bertz CT molecular complexity index is 267. The first kappa shape index (κ1) is 8.54. The molecule has 0 saturated heterocycles. The Balaban J connectivity index is 3.19. The van der Waals surface area contributed by atoms with Crippen LogP contribution in [0.5, 0.6) is 0 Å². The second kappa shape index (κ2) is 3.22. The van der Waals surface area contributed by atoms with Crippen LogP contribution >= 0.6 is 10.5 Å². The van der Waals surface area contributed by atoms with Crippen molar-refractivity contribution < 1.29 is 0 Å². The first-order chi connectivity index (χ1) is 5.09. The monoisotopic (exact) mass is 166 g/mol. The van der Waals surface area contributed by atoms with E-state index in [1.807, 2.05) is 0 Å². The minimum atomic E-state index is 0.150. The van der Waals surface area contributed by atoms with Crippen molar-refractivity contribution in [1.29, 1.82) is 0 Å². The van der Waals surface area contributed by atoms with Crippen molar-refractivity contribution in [3.05, 3.63) is 29.3 Å². The van der Waals surface area contributed by atoms with Crippen molar-refractivity contribution in [3.8, 4) is 0 Å². The molecule has 0 aliphatic heterocycles. The summed E-state index contributed by atoms with van der Waals surface area (Å²) in [5, 5.41) is 0. The zero-order valence-electron chi connectivity index (χ0n) is 7.35. The highest BCUT2D eigenvalue weighted by Gasteiger charge is 1.93. The SMILES string of the molecule is C=S(C)c1cc(C)cc(C)c1. The quantitative estimate of drug-likeness (QED) is 0.563. The average molecular weight is 166 g/mol. The molecular formula is C10H14S. The first-order valence-electron chi connectivity index (χ1n) is 3.63. The Hall–Kier alpha value is -0.560. The molecule has 0 aliphatic carbocycles. The standard InChI is InChI=1S/C10H14S/c1-8-5-9(2)7-10(6-8)11(3)4/h5-7H,3H2,1-2,4H3. The summed E-state index contributed by atoms with van der Waals surface area (Å²) in [4.78, 5) is 1.36. The van der Waals surface area contributed by atoms with Crippen molar-refractivity contribution in [1.82, 2.24) is 0 Å². The van der Waals surface area contributed by atoms with Crippen LogP contribution < -0.4 is 0 Å². The van der Waals surface area contributed by atoms with Crippen LogP contribution in [-0.2, 0) is 0 Å². The van der Waals surface area contributed by atoms with E-state index in [9.17, 15) is 0 Å². The molecule has 0 saturated carbocycles. The molecule has 1 aromatic carbocycles. The molecule has 1 aromatic rings. The number of benzene rings is 1. The smallest absolute Gasteiger partial charge is 0.00138 e. The van der Waals surface area contributed by atoms with Crippen LogP contribution in [0.15, 0.2) is 23.1 Å². The van der Waals surface area contributed by atoms with E-state index in [0.29, 0.717) is 0 Å². The van der Waals surface area contributed by atoms with E-state index in [1.165, 1.54) is 16.0 Å². The molecule has 0 nitrogen and oxygen atoms in total. The summed E-state index contributed by atoms with van der Waals surface area (Å²) in [5.41, 5.74) is 2.67. The van der Waals surface area contributed by atoms with Crippen molar-refractivity contribution >= 4 is 16.4 Å². The third-order valence-corrected chi connectivity index (χ3v) is 2.64. The molecule has 0 heterocycles. The molecule has 0 fully saturated rings. The van der Waals surface area contributed by atoms with E-state index >= 15 is 0 Å². The van der Waals surface area contributed by atoms with Gasteiger partial charge in [0.1, 0.15) is 0 Å². The number of rotatable bonds is 1. The predicted molar refractivity (Wildman–Crippen MR) is 54.8 cm³/mol. The average Bonchev–Trinajstić information content (AvgIpc) is 1.85. The zero-order valence-corrected chi connectivity index (χ0v) is 8.16. The van der Waals surface area contributed by atoms with E-state index in [1.54, 1.807) is 0 Å². The summed E-state index contributed by atoms with van der Waals surface area (Å²) in [6.45, 7) is 4.26. The van der Waals surface area contributed by atoms with Gasteiger partial charge in [-0.05, 0) is 43.4 Å². The zero-order chi connectivity index (χ0) is 8.43. The lowest BCUT2D eigenvalue weighted by Crippen LogP contribution is -1.79. The molecule has 60 valence electrons. The summed E-state index contributed by atoms with van der Waals surface area (Å²) in [6, 6.07) is 6.61. The fraction of sp³-hybridized carbons (Fsp3) is 0.300. The lowest BCUT2D eigenvalue weighted by Gasteiger charge is -2.03. The van der Waals surface area contributed by atoms with Crippen LogP contribution in [0.4, 0.5) is 0 Å². The second-order valence-electron chi connectivity index (χ2n) is 2.96. The summed E-state index contributed by atoms with van der Waals surface area (Å²) < 4.78 is 0. The maximum absolute atomic E-state index is 4.02. The van der Waals surface area contributed by atoms with Crippen molar-refractivity contribution in [2.75, 3.05) is 6.26 Å². The molecule has 0 amide bonds. The molecule has 0 aromatic heterocycles. The predicted octanol–water partition coefficient (Wildman–Crippen LogP) is 2.99. The molecule has 1 rings (SSSR count). The molecule has 0 radical (unpaired) electrons. The summed E-state index contributed by atoms with van der Waals surface area (Å²) in [7, 11) is 0.150. The van der Waals surface area contributed by atoms with Crippen molar-refractivity contribution in [3.63, 3.8) is 0 Å². The topological polar surface area (TPSA) is 0 Å². The summed E-state index contributed by atoms with van der Waals surface area (Å²) in [5.74, 6) is 4.02. The Morgan fingerprint density at radius 1 is 1.09 bits per heavy atom. The van der Waals surface area contributed by atoms with Gasteiger partial charge in [-0.3, -0.25) is 0 Å². The van der Waals surface area contributed by atoms with Crippen LogP contribution in [0.2, 0.25) is 0 Å². The van der Waals surface area contributed by atoms with Crippen LogP contribution in [0.3, 0.4) is 0 Å². The van der Waals surface area contributed by atoms with Crippen molar-refractivity contribution in [2.45, 2.75) is 18.7 Å². The van der Waals surface area contributed by atoms with Crippen molar-refractivity contribution in [2.24, 2.45) is 0 Å². The molecule has 0 spiro atoms. The van der Waals surface area contributed by atoms with Gasteiger partial charge < -0.3 is 0 Å². The largest absolute Gasteiger partial charge is 0.165 e. The third kappa shape index (κ3) is 2.19. The van der Waals surface area contributed by atoms with Gasteiger partial charge in [0.2, 0.25) is 0 Å². The molecular weight excluding hydrogens is 152 g/mol. The Labute approximate surface area is 71.2 Å². The molecule has 1 unspecified atom stereocenters. The van der Waals surface area contributed by atoms with Crippen LogP contribution in [0, 0.1) is 13.8 Å². The van der Waals surface area contributed by atoms with Gasteiger partial charge in [0.15, 0.2) is 0 Å². The maximum Gasteiger partial charge on any atom is 0.00138 e. The fourth-order valence-corrected chi connectivity index (χ4v) is 1.91. The fourth-order valence-electron chi connectivity index (χ4n) is 1.13. The number of hydrogen-bond acceptors (Lipinski definition) is 0. The van der Waals surface area contributed by atoms with Gasteiger partial charge >= 0.3 is 0 Å². The van der Waals surface area contributed by atoms with Crippen LogP contribution in [0.1, 0.15) is 11.1 Å². The second-order valence-corrected chi connectivity index (χ2v) is 4.71. The highest BCUT2D eigenvalue weighted by atomic mass is 32.2. The van der Waals surface area contributed by atoms with Gasteiger partial charge in [-0.15, -0.1) is 0 Å². The van der Waals surface area contributed by atoms with Gasteiger partial charge in [0, 0.05) is 4.90 Å². The van der Waals surface area contributed by atoms with Gasteiger partial charge in [0.25, 0.3) is 0 Å². The molecule has 1 heteroatoms. The number of aryl methyl sites for hydroxylation is 2. The summed E-state index contributed by atoms with van der Waals surface area (Å²) in [6.07, 6.45) is 2.15. The van der Waals surface area contributed by atoms with Crippen LogP contribution in [0.25, 0.3) is 0 Å². The number of hydrogen-bond donors (Lipinski definition) is 0. The highest BCUT2D eigenvalue weighted by Crippen LogP contribution is 2.22. The van der Waals surface area contributed by atoms with E-state index < -0.39 is 0 Å². The van der Waals surface area contributed by atoms with Gasteiger partial charge in [-0.25, -0.2) is 0 Å². The maximum atomic E-state index is 4.02. The van der Waals surface area contributed by atoms with E-state index in [2.05, 4.69) is 44.2 Å². The first-order valence-corrected chi connectivity index (χ1v) is 5.44. The Morgan fingerprint density at radius 2 is 1.55 bits per heavy atom. The van der Waals surface area contributed by atoms with Gasteiger partial charge in [-0.2, -0.15) is 10.5 Å². The normalized spacial score (nSPS) is 13.0. The van der Waals surface area contributed by atoms with E-state index in [0.717, 1.165) is 0 Å².